The number of rotatable bonds is 42. The molecule has 0 aromatic carbocycles. The summed E-state index contributed by atoms with van der Waals surface area (Å²) < 4.78 is 0. The van der Waals surface area contributed by atoms with Crippen molar-refractivity contribution >= 4 is 0 Å². The van der Waals surface area contributed by atoms with Crippen LogP contribution in [0, 0.1) is 6.33 Å². The molecule has 0 aliphatic heterocycles. The van der Waals surface area contributed by atoms with E-state index >= 15 is 0 Å². The molecule has 0 spiro atoms. The van der Waals surface area contributed by atoms with E-state index in [1.165, 1.54) is 274 Å². The summed E-state index contributed by atoms with van der Waals surface area (Å²) in [6, 6.07) is 0. The average molecular weight is 710 g/mol. The van der Waals surface area contributed by atoms with Crippen molar-refractivity contribution < 1.29 is 0 Å². The summed E-state index contributed by atoms with van der Waals surface area (Å²) in [6.45, 7) is 6.93. The first-order valence-corrected chi connectivity index (χ1v) is 24.1. The molecule has 0 aliphatic carbocycles. The van der Waals surface area contributed by atoms with Crippen molar-refractivity contribution in [3.05, 3.63) is 23.3 Å². The average Bonchev–Trinajstić information content (AvgIpc) is 3.14. The number of aromatic nitrogens is 2. The van der Waals surface area contributed by atoms with Crippen LogP contribution in [0.5, 0.6) is 0 Å². The van der Waals surface area contributed by atoms with E-state index in [9.17, 15) is 0 Å². The molecule has 0 unspecified atom stereocenters. The van der Waals surface area contributed by atoms with Crippen LogP contribution in [0.15, 0.2) is 0 Å². The van der Waals surface area contributed by atoms with E-state index in [2.05, 4.69) is 27.1 Å². The lowest BCUT2D eigenvalue weighted by Gasteiger charge is -2.13. The second-order valence-corrected chi connectivity index (χ2v) is 16.7. The quantitative estimate of drug-likeness (QED) is 0.0632. The normalized spacial score (nSPS) is 11.6. The highest BCUT2D eigenvalue weighted by Gasteiger charge is 2.12. The molecule has 2 heteroatoms. The minimum absolute atomic E-state index is 1.14. The highest BCUT2D eigenvalue weighted by atomic mass is 14.8. The fraction of sp³-hybridized carbons (Fsp3) is 0.918. The van der Waals surface area contributed by atoms with Crippen molar-refractivity contribution in [1.29, 1.82) is 0 Å². The topological polar surface area (TPSA) is 25.8 Å². The maximum atomic E-state index is 4.79. The molecule has 299 valence electrons. The van der Waals surface area contributed by atoms with E-state index in [0.717, 1.165) is 12.8 Å². The van der Waals surface area contributed by atoms with Crippen LogP contribution in [0.25, 0.3) is 0 Å². The van der Waals surface area contributed by atoms with Gasteiger partial charge in [0.05, 0.1) is 0 Å². The summed E-state index contributed by atoms with van der Waals surface area (Å²) in [5.74, 6) is 0. The molecule has 2 nitrogen and oxygen atoms in total. The van der Waals surface area contributed by atoms with E-state index in [4.69, 9.17) is 9.97 Å². The number of unbranched alkanes of at least 4 members (excludes halogenated alkanes) is 36. The van der Waals surface area contributed by atoms with Crippen molar-refractivity contribution in [2.75, 3.05) is 0 Å². The van der Waals surface area contributed by atoms with E-state index in [1.54, 1.807) is 0 Å². The van der Waals surface area contributed by atoms with Gasteiger partial charge in [-0.15, -0.1) is 0 Å². The molecule has 0 aliphatic rings. The number of aryl methyl sites for hydroxylation is 2. The van der Waals surface area contributed by atoms with Crippen molar-refractivity contribution in [3.8, 4) is 0 Å². The van der Waals surface area contributed by atoms with Crippen LogP contribution in [0.3, 0.4) is 0 Å². The monoisotopic (exact) mass is 710 g/mol. The van der Waals surface area contributed by atoms with Crippen LogP contribution in [0.1, 0.15) is 288 Å². The van der Waals surface area contributed by atoms with E-state index < -0.39 is 0 Å². The zero-order chi connectivity index (χ0) is 36.6. The second-order valence-electron chi connectivity index (χ2n) is 16.7. The molecule has 0 saturated heterocycles. The van der Waals surface area contributed by atoms with Gasteiger partial charge in [-0.2, -0.15) is 0 Å². The molecule has 0 amide bonds. The summed E-state index contributed by atoms with van der Waals surface area (Å²) in [7, 11) is 0. The summed E-state index contributed by atoms with van der Waals surface area (Å²) >= 11 is 0. The van der Waals surface area contributed by atoms with Crippen LogP contribution in [0.2, 0.25) is 0 Å². The third kappa shape index (κ3) is 32.2. The molecule has 1 aromatic rings. The fourth-order valence-corrected chi connectivity index (χ4v) is 8.09. The van der Waals surface area contributed by atoms with Crippen LogP contribution in [-0.2, 0) is 19.3 Å². The molecule has 0 saturated carbocycles. The Labute approximate surface area is 322 Å². The molecular formula is C49H93N2. The predicted molar refractivity (Wildman–Crippen MR) is 229 cm³/mol. The van der Waals surface area contributed by atoms with Gasteiger partial charge in [0, 0.05) is 11.4 Å². The molecule has 1 aromatic heterocycles. The Bertz CT molecular complexity index is 755. The Morgan fingerprint density at radius 1 is 0.255 bits per heavy atom. The van der Waals surface area contributed by atoms with Crippen LogP contribution in [-0.4, -0.2) is 9.97 Å². The van der Waals surface area contributed by atoms with Crippen molar-refractivity contribution in [3.63, 3.8) is 0 Å². The Kier molecular flexibility index (Phi) is 38.0. The molecule has 51 heavy (non-hydrogen) atoms. The van der Waals surface area contributed by atoms with Crippen molar-refractivity contribution in [2.45, 2.75) is 290 Å². The van der Waals surface area contributed by atoms with Crippen LogP contribution < -0.4 is 0 Å². The summed E-state index contributed by atoms with van der Waals surface area (Å²) in [4.78, 5) is 9.58. The Balaban J connectivity index is 2.35. The fourth-order valence-electron chi connectivity index (χ4n) is 8.09. The lowest BCUT2D eigenvalue weighted by molar-refractivity contribution is 0.534. The maximum absolute atomic E-state index is 4.79. The molecule has 0 fully saturated rings. The van der Waals surface area contributed by atoms with Gasteiger partial charge in [0.15, 0.2) is 6.33 Å². The SMILES string of the molecule is CCCCCCCCCCCCCCCc1n[c]nc(CCCCCCCCCCCCCCC)c1CCCCCCCCCCCCCCC. The standard InChI is InChI=1S/C49H93N2/c1-4-7-10-13-16-19-22-25-28-31-34-37-40-43-47-48(44-41-38-35-32-29-26-23-20-17-14-11-8-5-2)50-46-51-49(47)45-42-39-36-33-30-27-24-21-18-15-12-9-6-3/h4-45H2,1-3H3. The molecule has 0 bridgehead atoms. The molecule has 1 radical (unpaired) electrons. The van der Waals surface area contributed by atoms with Crippen LogP contribution >= 0.6 is 0 Å². The zero-order valence-corrected chi connectivity index (χ0v) is 35.6. The molecular weight excluding hydrogens is 617 g/mol. The van der Waals surface area contributed by atoms with Gasteiger partial charge in [-0.3, -0.25) is 0 Å². The van der Waals surface area contributed by atoms with Crippen LogP contribution in [0.4, 0.5) is 0 Å². The number of nitrogens with zero attached hydrogens (tertiary/aromatic N) is 2. The van der Waals surface area contributed by atoms with Gasteiger partial charge in [-0.25, -0.2) is 9.97 Å². The minimum atomic E-state index is 1.14. The van der Waals surface area contributed by atoms with E-state index in [1.807, 2.05) is 0 Å². The summed E-state index contributed by atoms with van der Waals surface area (Å²) in [6.07, 6.45) is 61.8. The first-order valence-electron chi connectivity index (χ1n) is 24.1. The van der Waals surface area contributed by atoms with Gasteiger partial charge in [-0.1, -0.05) is 252 Å². The predicted octanol–water partition coefficient (Wildman–Crippen LogP) is 17.2. The largest absolute Gasteiger partial charge is 0.230 e. The Morgan fingerprint density at radius 2 is 0.451 bits per heavy atom. The zero-order valence-electron chi connectivity index (χ0n) is 35.6. The highest BCUT2D eigenvalue weighted by molar-refractivity contribution is 5.25. The smallest absolute Gasteiger partial charge is 0.198 e. The number of hydrogen-bond donors (Lipinski definition) is 0. The number of hydrogen-bond acceptors (Lipinski definition) is 2. The lowest BCUT2D eigenvalue weighted by Crippen LogP contribution is -2.07. The molecule has 0 N–H and O–H groups in total. The first kappa shape index (κ1) is 48.1. The van der Waals surface area contributed by atoms with E-state index in [0.29, 0.717) is 0 Å². The summed E-state index contributed by atoms with van der Waals surface area (Å²) in [5.41, 5.74) is 4.21. The van der Waals surface area contributed by atoms with Gasteiger partial charge in [0.2, 0.25) is 0 Å². The minimum Gasteiger partial charge on any atom is -0.230 e. The van der Waals surface area contributed by atoms with Gasteiger partial charge in [0.25, 0.3) is 0 Å². The highest BCUT2D eigenvalue weighted by Crippen LogP contribution is 2.21. The third-order valence-corrected chi connectivity index (χ3v) is 11.6. The second kappa shape index (κ2) is 40.3. The lowest BCUT2D eigenvalue weighted by atomic mass is 9.96. The molecule has 1 heterocycles. The van der Waals surface area contributed by atoms with Gasteiger partial charge in [-0.05, 0) is 44.1 Å². The van der Waals surface area contributed by atoms with Crippen molar-refractivity contribution in [2.24, 2.45) is 0 Å². The first-order chi connectivity index (χ1) is 25.3. The molecule has 0 atom stereocenters. The Morgan fingerprint density at radius 3 is 0.686 bits per heavy atom. The molecule has 1 rings (SSSR count). The van der Waals surface area contributed by atoms with E-state index in [-0.39, 0.29) is 0 Å². The van der Waals surface area contributed by atoms with Crippen molar-refractivity contribution in [1.82, 2.24) is 9.97 Å². The van der Waals surface area contributed by atoms with Gasteiger partial charge >= 0.3 is 0 Å². The van der Waals surface area contributed by atoms with Gasteiger partial charge < -0.3 is 0 Å². The maximum Gasteiger partial charge on any atom is 0.198 e. The summed E-state index contributed by atoms with van der Waals surface area (Å²) in [5, 5.41) is 0. The van der Waals surface area contributed by atoms with Gasteiger partial charge in [0.1, 0.15) is 0 Å². The Hall–Kier alpha value is -0.920. The third-order valence-electron chi connectivity index (χ3n) is 11.6.